The molecule has 78 valence electrons. The summed E-state index contributed by atoms with van der Waals surface area (Å²) in [6.45, 7) is 0. The van der Waals surface area contributed by atoms with Crippen LogP contribution in [0.25, 0.3) is 5.70 Å². The van der Waals surface area contributed by atoms with Gasteiger partial charge in [0.25, 0.3) is 0 Å². The Morgan fingerprint density at radius 1 is 1.47 bits per heavy atom. The average Bonchev–Trinajstić information content (AvgIpc) is 2.66. The molecule has 2 rings (SSSR count). The van der Waals surface area contributed by atoms with E-state index < -0.39 is 11.7 Å². The third-order valence-corrected chi connectivity index (χ3v) is 2.13. The number of rotatable bonds is 2. The van der Waals surface area contributed by atoms with Gasteiger partial charge >= 0.3 is 0 Å². The van der Waals surface area contributed by atoms with E-state index in [9.17, 15) is 13.6 Å². The molecule has 0 saturated carbocycles. The molecule has 5 heteroatoms. The van der Waals surface area contributed by atoms with Crippen molar-refractivity contribution < 1.29 is 13.6 Å². The van der Waals surface area contributed by atoms with Crippen molar-refractivity contribution in [3.05, 3.63) is 35.7 Å². The molecule has 0 saturated heterocycles. The van der Waals surface area contributed by atoms with E-state index in [0.29, 0.717) is 12.7 Å². The minimum absolute atomic E-state index is 0.147. The van der Waals surface area contributed by atoms with E-state index in [-0.39, 0.29) is 17.8 Å². The second kappa shape index (κ2) is 3.76. The molecule has 0 unspecified atom stereocenters. The highest BCUT2D eigenvalue weighted by molar-refractivity contribution is 5.72. The molecule has 0 fully saturated rings. The third kappa shape index (κ3) is 1.72. The lowest BCUT2D eigenvalue weighted by atomic mass is 10.1. The van der Waals surface area contributed by atoms with Crippen LogP contribution in [-0.2, 0) is 0 Å². The maximum absolute atomic E-state index is 13.3. The molecular weight excluding hydrogens is 202 g/mol. The quantitative estimate of drug-likeness (QED) is 0.703. The molecule has 1 aromatic heterocycles. The van der Waals surface area contributed by atoms with Gasteiger partial charge in [-0.3, -0.25) is 4.79 Å². The Morgan fingerprint density at radius 2 is 2.27 bits per heavy atom. The van der Waals surface area contributed by atoms with Crippen molar-refractivity contribution in [2.24, 2.45) is 0 Å². The summed E-state index contributed by atoms with van der Waals surface area (Å²) in [5.41, 5.74) is -0.0528. The topological polar surface area (TPSA) is 34.9 Å². The van der Waals surface area contributed by atoms with Gasteiger partial charge in [-0.2, -0.15) is 5.10 Å². The molecule has 1 aliphatic rings. The molecule has 0 aromatic carbocycles. The SMILES string of the molecule is O=Cc1ccn(C2=C(F)CCC=C2F)n1. The normalized spacial score (nSPS) is 16.5. The van der Waals surface area contributed by atoms with E-state index in [1.807, 2.05) is 0 Å². The largest absolute Gasteiger partial charge is 0.296 e. The number of aromatic nitrogens is 2. The highest BCUT2D eigenvalue weighted by atomic mass is 19.1. The standard InChI is InChI=1S/C10H8F2N2O/c11-8-2-1-3-9(12)10(8)14-5-4-7(6-15)13-14/h2,4-6H,1,3H2. The van der Waals surface area contributed by atoms with Gasteiger partial charge in [-0.1, -0.05) is 0 Å². The van der Waals surface area contributed by atoms with E-state index in [1.165, 1.54) is 18.3 Å². The molecule has 0 atom stereocenters. The summed E-state index contributed by atoms with van der Waals surface area (Å²) in [6, 6.07) is 1.40. The first-order valence-corrected chi connectivity index (χ1v) is 4.48. The van der Waals surface area contributed by atoms with Crippen molar-refractivity contribution in [1.82, 2.24) is 9.78 Å². The van der Waals surface area contributed by atoms with Crippen LogP contribution in [0.15, 0.2) is 30.0 Å². The maximum atomic E-state index is 13.3. The number of carbonyl (C=O) groups excluding carboxylic acids is 1. The molecule has 1 aromatic rings. The van der Waals surface area contributed by atoms with E-state index in [1.54, 1.807) is 0 Å². The fraction of sp³-hybridized carbons (Fsp3) is 0.200. The summed E-state index contributed by atoms with van der Waals surface area (Å²) in [5.74, 6) is -1.19. The van der Waals surface area contributed by atoms with Crippen molar-refractivity contribution in [2.45, 2.75) is 12.8 Å². The molecule has 0 spiro atoms. The first-order chi connectivity index (χ1) is 7.22. The van der Waals surface area contributed by atoms with Gasteiger partial charge < -0.3 is 0 Å². The van der Waals surface area contributed by atoms with Crippen LogP contribution >= 0.6 is 0 Å². The Morgan fingerprint density at radius 3 is 2.87 bits per heavy atom. The Kier molecular flexibility index (Phi) is 2.45. The van der Waals surface area contributed by atoms with Crippen LogP contribution in [0.5, 0.6) is 0 Å². The smallest absolute Gasteiger partial charge is 0.170 e. The van der Waals surface area contributed by atoms with Gasteiger partial charge in [0.15, 0.2) is 6.29 Å². The van der Waals surface area contributed by atoms with E-state index in [4.69, 9.17) is 0 Å². The van der Waals surface area contributed by atoms with Gasteiger partial charge in [0.1, 0.15) is 23.0 Å². The summed E-state index contributed by atoms with van der Waals surface area (Å²) in [4.78, 5) is 10.4. The number of hydrogen-bond acceptors (Lipinski definition) is 2. The van der Waals surface area contributed by atoms with Crippen LogP contribution < -0.4 is 0 Å². The van der Waals surface area contributed by atoms with Crippen LogP contribution in [-0.4, -0.2) is 16.1 Å². The Bertz CT molecular complexity index is 460. The average molecular weight is 210 g/mol. The predicted molar refractivity (Wildman–Crippen MR) is 50.4 cm³/mol. The zero-order valence-electron chi connectivity index (χ0n) is 7.78. The molecule has 0 bridgehead atoms. The molecule has 0 amide bonds. The van der Waals surface area contributed by atoms with Crippen LogP contribution in [0.4, 0.5) is 8.78 Å². The molecule has 15 heavy (non-hydrogen) atoms. The second-order valence-corrected chi connectivity index (χ2v) is 3.15. The fourth-order valence-corrected chi connectivity index (χ4v) is 1.43. The first-order valence-electron chi connectivity index (χ1n) is 4.48. The number of allylic oxidation sites excluding steroid dienone is 4. The number of nitrogens with zero attached hydrogens (tertiary/aromatic N) is 2. The van der Waals surface area contributed by atoms with Gasteiger partial charge in [0.05, 0.1) is 0 Å². The molecule has 0 aliphatic heterocycles. The van der Waals surface area contributed by atoms with Gasteiger partial charge in [0.2, 0.25) is 0 Å². The van der Waals surface area contributed by atoms with E-state index in [0.717, 1.165) is 4.68 Å². The highest BCUT2D eigenvalue weighted by Gasteiger charge is 2.18. The summed E-state index contributed by atoms with van der Waals surface area (Å²) in [6.07, 6.45) is 3.71. The van der Waals surface area contributed by atoms with E-state index >= 15 is 0 Å². The Labute approximate surface area is 84.7 Å². The Balaban J connectivity index is 2.45. The molecule has 0 N–H and O–H groups in total. The van der Waals surface area contributed by atoms with Crippen LogP contribution in [0, 0.1) is 0 Å². The van der Waals surface area contributed by atoms with Crippen molar-refractivity contribution in [1.29, 1.82) is 0 Å². The third-order valence-electron chi connectivity index (χ3n) is 2.13. The zero-order chi connectivity index (χ0) is 10.8. The predicted octanol–water partition coefficient (Wildman–Crippen LogP) is 2.48. The first kappa shape index (κ1) is 9.76. The van der Waals surface area contributed by atoms with Gasteiger partial charge in [-0.05, 0) is 18.6 Å². The number of carbonyl (C=O) groups is 1. The lowest BCUT2D eigenvalue weighted by molar-refractivity contribution is 0.111. The van der Waals surface area contributed by atoms with Gasteiger partial charge in [-0.15, -0.1) is 0 Å². The van der Waals surface area contributed by atoms with Crippen LogP contribution in [0.1, 0.15) is 23.3 Å². The maximum Gasteiger partial charge on any atom is 0.170 e. The minimum atomic E-state index is -0.640. The lowest BCUT2D eigenvalue weighted by Gasteiger charge is -2.11. The summed E-state index contributed by atoms with van der Waals surface area (Å²) >= 11 is 0. The van der Waals surface area contributed by atoms with Gasteiger partial charge in [-0.25, -0.2) is 13.5 Å². The fourth-order valence-electron chi connectivity index (χ4n) is 1.43. The number of halogens is 2. The summed E-state index contributed by atoms with van der Waals surface area (Å²) < 4.78 is 27.7. The molecule has 0 radical (unpaired) electrons. The van der Waals surface area contributed by atoms with Crippen molar-refractivity contribution in [2.75, 3.05) is 0 Å². The van der Waals surface area contributed by atoms with Crippen molar-refractivity contribution in [3.63, 3.8) is 0 Å². The second-order valence-electron chi connectivity index (χ2n) is 3.15. The van der Waals surface area contributed by atoms with Crippen LogP contribution in [0.2, 0.25) is 0 Å². The summed E-state index contributed by atoms with van der Waals surface area (Å²) in [7, 11) is 0. The van der Waals surface area contributed by atoms with Gasteiger partial charge in [0, 0.05) is 12.6 Å². The zero-order valence-corrected chi connectivity index (χ0v) is 7.78. The van der Waals surface area contributed by atoms with E-state index in [2.05, 4.69) is 5.10 Å². The van der Waals surface area contributed by atoms with Crippen molar-refractivity contribution in [3.8, 4) is 0 Å². The van der Waals surface area contributed by atoms with Crippen LogP contribution in [0.3, 0.4) is 0 Å². The van der Waals surface area contributed by atoms with Crippen molar-refractivity contribution >= 4 is 12.0 Å². The highest BCUT2D eigenvalue weighted by Crippen LogP contribution is 2.30. The molecule has 1 heterocycles. The molecule has 3 nitrogen and oxygen atoms in total. The molecular formula is C10H8F2N2O. The Hall–Kier alpha value is -1.78. The number of hydrogen-bond donors (Lipinski definition) is 0. The lowest BCUT2D eigenvalue weighted by Crippen LogP contribution is -2.04. The molecule has 1 aliphatic carbocycles. The minimum Gasteiger partial charge on any atom is -0.296 e. The monoisotopic (exact) mass is 210 g/mol. The number of aldehydes is 1. The summed E-state index contributed by atoms with van der Waals surface area (Å²) in [5, 5.41) is 3.72.